The molecule has 1 rings (SSSR count). The summed E-state index contributed by atoms with van der Waals surface area (Å²) in [6.07, 6.45) is 11.1. The van der Waals surface area contributed by atoms with Crippen molar-refractivity contribution in [3.05, 3.63) is 29.8 Å². The van der Waals surface area contributed by atoms with Crippen molar-refractivity contribution in [2.45, 2.75) is 110 Å². The lowest BCUT2D eigenvalue weighted by Crippen LogP contribution is -2.47. The summed E-state index contributed by atoms with van der Waals surface area (Å²) >= 11 is 0. The lowest BCUT2D eigenvalue weighted by molar-refractivity contribution is -0.403. The molecular weight excluding hydrogens is 444 g/mol. The van der Waals surface area contributed by atoms with Crippen LogP contribution in [0, 0.1) is 5.92 Å². The van der Waals surface area contributed by atoms with Crippen LogP contribution in [0.1, 0.15) is 97.5 Å². The molecule has 1 aromatic rings. The number of phenols is 1. The summed E-state index contributed by atoms with van der Waals surface area (Å²) in [5.74, 6) is -0.620. The van der Waals surface area contributed by atoms with Crippen LogP contribution in [0.5, 0.6) is 5.75 Å². The Bertz CT molecular complexity index is 589. The van der Waals surface area contributed by atoms with Crippen molar-refractivity contribution >= 4 is 0 Å². The SMILES string of the molecule is CCCCCCCCC(CCCC(O)COCCc1ccc(O)cc1)C(OCC)(OCC)OCC. The first-order valence-corrected chi connectivity index (χ1v) is 14.0. The number of aromatic hydroxyl groups is 1. The van der Waals surface area contributed by atoms with E-state index in [0.29, 0.717) is 39.5 Å². The zero-order valence-corrected chi connectivity index (χ0v) is 22.8. The average Bonchev–Trinajstić information content (AvgIpc) is 2.84. The third kappa shape index (κ3) is 13.6. The minimum Gasteiger partial charge on any atom is -0.508 e. The largest absolute Gasteiger partial charge is 0.508 e. The normalized spacial score (nSPS) is 13.7. The molecule has 35 heavy (non-hydrogen) atoms. The highest BCUT2D eigenvalue weighted by molar-refractivity contribution is 5.25. The fourth-order valence-electron chi connectivity index (χ4n) is 4.51. The molecule has 0 radical (unpaired) electrons. The molecule has 2 N–H and O–H groups in total. The Labute approximate surface area is 214 Å². The summed E-state index contributed by atoms with van der Waals surface area (Å²) in [4.78, 5) is 0. The van der Waals surface area contributed by atoms with Crippen molar-refractivity contribution in [3.63, 3.8) is 0 Å². The minimum absolute atomic E-state index is 0.121. The van der Waals surface area contributed by atoms with E-state index in [2.05, 4.69) is 6.92 Å². The predicted molar refractivity (Wildman–Crippen MR) is 142 cm³/mol. The van der Waals surface area contributed by atoms with Gasteiger partial charge in [0.15, 0.2) is 0 Å². The molecule has 6 nitrogen and oxygen atoms in total. The Kier molecular flexibility index (Phi) is 18.1. The number of hydrogen-bond donors (Lipinski definition) is 2. The van der Waals surface area contributed by atoms with Gasteiger partial charge in [-0.1, -0.05) is 64.0 Å². The summed E-state index contributed by atoms with van der Waals surface area (Å²) in [5, 5.41) is 19.8. The summed E-state index contributed by atoms with van der Waals surface area (Å²) in [5.41, 5.74) is 1.11. The Morgan fingerprint density at radius 1 is 0.743 bits per heavy atom. The van der Waals surface area contributed by atoms with Gasteiger partial charge in [0.25, 0.3) is 5.97 Å². The molecule has 0 aliphatic heterocycles. The number of rotatable bonds is 23. The predicted octanol–water partition coefficient (Wildman–Crippen LogP) is 6.61. The minimum atomic E-state index is -1.01. The van der Waals surface area contributed by atoms with Gasteiger partial charge < -0.3 is 29.2 Å². The Balaban J connectivity index is 2.52. The van der Waals surface area contributed by atoms with Gasteiger partial charge in [0.2, 0.25) is 0 Å². The van der Waals surface area contributed by atoms with Crippen LogP contribution < -0.4 is 0 Å². The highest BCUT2D eigenvalue weighted by Gasteiger charge is 2.41. The van der Waals surface area contributed by atoms with E-state index < -0.39 is 12.1 Å². The molecule has 6 heteroatoms. The molecule has 0 fully saturated rings. The van der Waals surface area contributed by atoms with Gasteiger partial charge in [0.05, 0.1) is 19.3 Å². The molecule has 0 saturated heterocycles. The molecule has 0 aliphatic carbocycles. The van der Waals surface area contributed by atoms with Crippen LogP contribution >= 0.6 is 0 Å². The average molecular weight is 497 g/mol. The third-order valence-electron chi connectivity index (χ3n) is 6.31. The molecule has 0 amide bonds. The van der Waals surface area contributed by atoms with Crippen LogP contribution in [0.3, 0.4) is 0 Å². The van der Waals surface area contributed by atoms with E-state index in [9.17, 15) is 10.2 Å². The van der Waals surface area contributed by atoms with Gasteiger partial charge in [0.1, 0.15) is 5.75 Å². The zero-order chi connectivity index (χ0) is 25.8. The summed E-state index contributed by atoms with van der Waals surface area (Å²) in [7, 11) is 0. The van der Waals surface area contributed by atoms with Crippen molar-refractivity contribution in [2.24, 2.45) is 5.92 Å². The van der Waals surface area contributed by atoms with Crippen molar-refractivity contribution < 1.29 is 29.2 Å². The number of hydrogen-bond acceptors (Lipinski definition) is 6. The lowest BCUT2D eigenvalue weighted by Gasteiger charge is -2.39. The van der Waals surface area contributed by atoms with Crippen molar-refractivity contribution in [3.8, 4) is 5.75 Å². The standard InChI is InChI=1S/C29H52O6/c1-5-9-10-11-12-13-15-26(29(33-6-2,34-7-3)35-8-4)16-14-17-28(31)24-32-23-22-25-18-20-27(30)21-19-25/h18-21,26,28,30-31H,5-17,22-24H2,1-4H3. The van der Waals surface area contributed by atoms with Crippen molar-refractivity contribution in [1.29, 1.82) is 0 Å². The van der Waals surface area contributed by atoms with Gasteiger partial charge in [0, 0.05) is 25.7 Å². The molecule has 2 atom stereocenters. The second-order valence-corrected chi connectivity index (χ2v) is 9.23. The molecule has 0 bridgehead atoms. The highest BCUT2D eigenvalue weighted by atomic mass is 16.9. The summed E-state index contributed by atoms with van der Waals surface area (Å²) < 4.78 is 24.0. The van der Waals surface area contributed by atoms with Crippen LogP contribution in [0.25, 0.3) is 0 Å². The highest BCUT2D eigenvalue weighted by Crippen LogP contribution is 2.34. The van der Waals surface area contributed by atoms with Crippen LogP contribution in [0.2, 0.25) is 0 Å². The van der Waals surface area contributed by atoms with Gasteiger partial charge in [-0.15, -0.1) is 0 Å². The molecule has 0 aliphatic rings. The number of unbranched alkanes of at least 4 members (excludes halogenated alkanes) is 5. The first-order valence-electron chi connectivity index (χ1n) is 14.0. The molecule has 2 unspecified atom stereocenters. The van der Waals surface area contributed by atoms with Crippen molar-refractivity contribution in [2.75, 3.05) is 33.0 Å². The van der Waals surface area contributed by atoms with E-state index in [-0.39, 0.29) is 11.7 Å². The maximum absolute atomic E-state index is 10.5. The number of aliphatic hydroxyl groups is 1. The Morgan fingerprint density at radius 3 is 1.91 bits per heavy atom. The number of phenolic OH excluding ortho intramolecular Hbond substituents is 1. The van der Waals surface area contributed by atoms with Gasteiger partial charge in [-0.2, -0.15) is 0 Å². The molecule has 0 saturated carbocycles. The van der Waals surface area contributed by atoms with Crippen LogP contribution in [0.4, 0.5) is 0 Å². The second-order valence-electron chi connectivity index (χ2n) is 9.23. The first kappa shape index (κ1) is 31.8. The second kappa shape index (κ2) is 19.9. The van der Waals surface area contributed by atoms with Crippen LogP contribution in [-0.2, 0) is 25.4 Å². The number of ether oxygens (including phenoxy) is 4. The monoisotopic (exact) mass is 496 g/mol. The van der Waals surface area contributed by atoms with Crippen LogP contribution in [0.15, 0.2) is 24.3 Å². The van der Waals surface area contributed by atoms with Crippen LogP contribution in [-0.4, -0.2) is 55.3 Å². The molecule has 0 heterocycles. The van der Waals surface area contributed by atoms with E-state index in [1.165, 1.54) is 32.1 Å². The van der Waals surface area contributed by atoms with E-state index >= 15 is 0 Å². The lowest BCUT2D eigenvalue weighted by atomic mass is 9.91. The smallest absolute Gasteiger partial charge is 0.285 e. The Hall–Kier alpha value is -1.18. The van der Waals surface area contributed by atoms with E-state index in [0.717, 1.165) is 37.7 Å². The molecule has 0 spiro atoms. The zero-order valence-electron chi connectivity index (χ0n) is 22.8. The Morgan fingerprint density at radius 2 is 1.31 bits per heavy atom. The van der Waals surface area contributed by atoms with Gasteiger partial charge in [-0.05, 0) is 64.2 Å². The molecule has 204 valence electrons. The quantitative estimate of drug-likeness (QED) is 0.131. The number of benzene rings is 1. The molecule has 0 aromatic heterocycles. The maximum atomic E-state index is 10.5. The van der Waals surface area contributed by atoms with E-state index in [4.69, 9.17) is 18.9 Å². The number of aliphatic hydroxyl groups excluding tert-OH is 1. The van der Waals surface area contributed by atoms with Crippen molar-refractivity contribution in [1.82, 2.24) is 0 Å². The fraction of sp³-hybridized carbons (Fsp3) is 0.793. The fourth-order valence-corrected chi connectivity index (χ4v) is 4.51. The van der Waals surface area contributed by atoms with Gasteiger partial charge in [-0.3, -0.25) is 0 Å². The van der Waals surface area contributed by atoms with Gasteiger partial charge >= 0.3 is 0 Å². The molecular formula is C29H52O6. The maximum Gasteiger partial charge on any atom is 0.285 e. The van der Waals surface area contributed by atoms with Gasteiger partial charge in [-0.25, -0.2) is 0 Å². The van der Waals surface area contributed by atoms with E-state index in [1.807, 2.05) is 32.9 Å². The first-order chi connectivity index (χ1) is 17.0. The molecule has 1 aromatic carbocycles. The topological polar surface area (TPSA) is 77.4 Å². The summed E-state index contributed by atoms with van der Waals surface area (Å²) in [6, 6.07) is 7.14. The third-order valence-corrected chi connectivity index (χ3v) is 6.31. The van der Waals surface area contributed by atoms with E-state index in [1.54, 1.807) is 12.1 Å². The summed E-state index contributed by atoms with van der Waals surface area (Å²) in [6.45, 7) is 10.7.